The van der Waals surface area contributed by atoms with Crippen molar-refractivity contribution in [3.05, 3.63) is 70.5 Å². The molecule has 2 aromatic carbocycles. The van der Waals surface area contributed by atoms with Gasteiger partial charge in [-0.05, 0) is 24.1 Å². The molecule has 10 nitrogen and oxygen atoms in total. The first-order valence-corrected chi connectivity index (χ1v) is 10.5. The number of fused-ring (bicyclic) bond motifs is 1. The predicted molar refractivity (Wildman–Crippen MR) is 115 cm³/mol. The van der Waals surface area contributed by atoms with Gasteiger partial charge in [-0.1, -0.05) is 30.3 Å². The topological polar surface area (TPSA) is 134 Å². The van der Waals surface area contributed by atoms with E-state index in [0.717, 1.165) is 0 Å². The zero-order chi connectivity index (χ0) is 24.2. The number of piperidine rings is 1. The Morgan fingerprint density at radius 1 is 1.09 bits per heavy atom. The van der Waals surface area contributed by atoms with E-state index in [4.69, 9.17) is 4.74 Å². The number of nitrogens with one attached hydrogen (secondary N) is 3. The van der Waals surface area contributed by atoms with Crippen molar-refractivity contribution in [1.82, 2.24) is 20.9 Å². The Kier molecular flexibility index (Phi) is 6.53. The van der Waals surface area contributed by atoms with Gasteiger partial charge in [-0.15, -0.1) is 0 Å². The highest BCUT2D eigenvalue weighted by molar-refractivity contribution is 6.05. The van der Waals surface area contributed by atoms with E-state index in [1.807, 2.05) is 0 Å². The van der Waals surface area contributed by atoms with E-state index in [1.165, 1.54) is 11.0 Å². The van der Waals surface area contributed by atoms with Gasteiger partial charge in [0, 0.05) is 30.6 Å². The lowest BCUT2D eigenvalue weighted by Gasteiger charge is -2.29. The van der Waals surface area contributed by atoms with Crippen LogP contribution in [0.4, 0.5) is 9.18 Å². The standard InChI is InChI=1S/C23H21FN4O6/c24-19-14(10-25-23(33)34-12-26-20(30)13-4-2-1-3-5-13)6-7-15-11-28(22(32)18(15)19)16-8-9-17(29)27-21(16)31/h1-7,16H,8-12H2,(H,25,33)(H,26,30)(H,27,29,31). The van der Waals surface area contributed by atoms with Crippen molar-refractivity contribution in [2.75, 3.05) is 6.73 Å². The van der Waals surface area contributed by atoms with E-state index in [2.05, 4.69) is 16.0 Å². The molecule has 34 heavy (non-hydrogen) atoms. The number of benzene rings is 2. The van der Waals surface area contributed by atoms with E-state index < -0.39 is 41.6 Å². The predicted octanol–water partition coefficient (Wildman–Crippen LogP) is 1.20. The molecule has 3 N–H and O–H groups in total. The third-order valence-electron chi connectivity index (χ3n) is 5.61. The van der Waals surface area contributed by atoms with Crippen LogP contribution in [0.5, 0.6) is 0 Å². The third kappa shape index (κ3) is 4.72. The van der Waals surface area contributed by atoms with Crippen molar-refractivity contribution in [3.63, 3.8) is 0 Å². The van der Waals surface area contributed by atoms with Crippen LogP contribution < -0.4 is 16.0 Å². The fourth-order valence-electron chi connectivity index (χ4n) is 3.87. The molecule has 5 amide bonds. The minimum Gasteiger partial charge on any atom is -0.428 e. The Morgan fingerprint density at radius 2 is 1.85 bits per heavy atom. The van der Waals surface area contributed by atoms with Crippen LogP contribution in [-0.4, -0.2) is 47.4 Å². The van der Waals surface area contributed by atoms with E-state index in [-0.39, 0.29) is 43.8 Å². The SMILES string of the molecule is O=C1CCC(N2Cc3ccc(CNC(=O)OCNC(=O)c4ccccc4)c(F)c3C2=O)C(=O)N1. The summed E-state index contributed by atoms with van der Waals surface area (Å²) in [5.41, 5.74) is 0.722. The fourth-order valence-corrected chi connectivity index (χ4v) is 3.87. The van der Waals surface area contributed by atoms with E-state index >= 15 is 4.39 Å². The van der Waals surface area contributed by atoms with Gasteiger partial charge in [0.2, 0.25) is 11.8 Å². The number of alkyl carbamates (subject to hydrolysis) is 1. The molecule has 2 aromatic rings. The van der Waals surface area contributed by atoms with E-state index in [9.17, 15) is 24.0 Å². The summed E-state index contributed by atoms with van der Waals surface area (Å²) in [6.07, 6.45) is -0.611. The molecule has 0 aliphatic carbocycles. The summed E-state index contributed by atoms with van der Waals surface area (Å²) in [4.78, 5) is 61.4. The number of carbonyl (C=O) groups excluding carboxylic acids is 5. The first kappa shape index (κ1) is 22.9. The molecule has 11 heteroatoms. The Bertz CT molecular complexity index is 1170. The van der Waals surface area contributed by atoms with Crippen molar-refractivity contribution >= 4 is 29.7 Å². The molecule has 1 saturated heterocycles. The maximum Gasteiger partial charge on any atom is 0.409 e. The molecular weight excluding hydrogens is 447 g/mol. The largest absolute Gasteiger partial charge is 0.428 e. The van der Waals surface area contributed by atoms with Gasteiger partial charge >= 0.3 is 6.09 Å². The Labute approximate surface area is 193 Å². The first-order valence-electron chi connectivity index (χ1n) is 10.5. The number of carbonyl (C=O) groups is 5. The lowest BCUT2D eigenvalue weighted by atomic mass is 10.0. The lowest BCUT2D eigenvalue weighted by molar-refractivity contribution is -0.136. The zero-order valence-electron chi connectivity index (χ0n) is 17.9. The number of nitrogens with zero attached hydrogens (tertiary/aromatic N) is 1. The van der Waals surface area contributed by atoms with Crippen molar-refractivity contribution in [2.45, 2.75) is 32.0 Å². The summed E-state index contributed by atoms with van der Waals surface area (Å²) < 4.78 is 19.9. The van der Waals surface area contributed by atoms with Gasteiger partial charge in [-0.3, -0.25) is 24.5 Å². The minimum atomic E-state index is -0.884. The van der Waals surface area contributed by atoms with Crippen molar-refractivity contribution in [3.8, 4) is 0 Å². The average Bonchev–Trinajstić information content (AvgIpc) is 3.16. The van der Waals surface area contributed by atoms with Gasteiger partial charge in [-0.2, -0.15) is 0 Å². The highest BCUT2D eigenvalue weighted by Gasteiger charge is 2.40. The van der Waals surface area contributed by atoms with Gasteiger partial charge in [0.05, 0.1) is 5.56 Å². The summed E-state index contributed by atoms with van der Waals surface area (Å²) in [6.45, 7) is -0.587. The van der Waals surface area contributed by atoms with E-state index in [1.54, 1.807) is 36.4 Å². The van der Waals surface area contributed by atoms with Crippen LogP contribution in [0.25, 0.3) is 0 Å². The molecule has 2 aliphatic rings. The van der Waals surface area contributed by atoms with Gasteiger partial charge < -0.3 is 20.3 Å². The number of ether oxygens (including phenoxy) is 1. The molecular formula is C23H21FN4O6. The van der Waals surface area contributed by atoms with Crippen LogP contribution in [0, 0.1) is 5.82 Å². The summed E-state index contributed by atoms with van der Waals surface area (Å²) in [5, 5.41) is 6.98. The second kappa shape index (κ2) is 9.69. The van der Waals surface area contributed by atoms with Gasteiger partial charge in [0.25, 0.3) is 11.8 Å². The molecule has 1 fully saturated rings. The maximum atomic E-state index is 15.1. The molecule has 176 valence electrons. The van der Waals surface area contributed by atoms with Gasteiger partial charge in [0.1, 0.15) is 11.9 Å². The number of amides is 5. The summed E-state index contributed by atoms with van der Waals surface area (Å²) in [5.74, 6) is -2.85. The van der Waals surface area contributed by atoms with Crippen molar-refractivity contribution < 1.29 is 33.1 Å². The number of rotatable bonds is 6. The highest BCUT2D eigenvalue weighted by Crippen LogP contribution is 2.30. The normalized spacial score (nSPS) is 17.1. The van der Waals surface area contributed by atoms with Crippen LogP contribution in [0.2, 0.25) is 0 Å². The average molecular weight is 468 g/mol. The molecule has 0 aromatic heterocycles. The van der Waals surface area contributed by atoms with Crippen LogP contribution in [0.15, 0.2) is 42.5 Å². The van der Waals surface area contributed by atoms with Gasteiger partial charge in [-0.25, -0.2) is 9.18 Å². The smallest absolute Gasteiger partial charge is 0.409 e. The Hall–Kier alpha value is -4.28. The van der Waals surface area contributed by atoms with Crippen LogP contribution in [-0.2, 0) is 27.4 Å². The highest BCUT2D eigenvalue weighted by atomic mass is 19.1. The van der Waals surface area contributed by atoms with Gasteiger partial charge in [0.15, 0.2) is 6.73 Å². The van der Waals surface area contributed by atoms with Crippen LogP contribution >= 0.6 is 0 Å². The van der Waals surface area contributed by atoms with Crippen LogP contribution in [0.3, 0.4) is 0 Å². The second-order valence-electron chi connectivity index (χ2n) is 7.77. The van der Waals surface area contributed by atoms with Crippen LogP contribution in [0.1, 0.15) is 44.7 Å². The monoisotopic (exact) mass is 468 g/mol. The quantitative estimate of drug-likeness (QED) is 0.431. The molecule has 0 bridgehead atoms. The first-order chi connectivity index (χ1) is 16.3. The summed E-state index contributed by atoms with van der Waals surface area (Å²) in [6, 6.07) is 10.5. The molecule has 0 saturated carbocycles. The number of hydrogen-bond acceptors (Lipinski definition) is 6. The Balaban J connectivity index is 1.32. The lowest BCUT2D eigenvalue weighted by Crippen LogP contribution is -2.52. The molecule has 2 heterocycles. The molecule has 2 aliphatic heterocycles. The number of halogens is 1. The molecule has 4 rings (SSSR count). The minimum absolute atomic E-state index is 0.0498. The summed E-state index contributed by atoms with van der Waals surface area (Å²) >= 11 is 0. The number of hydrogen-bond donors (Lipinski definition) is 3. The number of imide groups is 1. The fraction of sp³-hybridized carbons (Fsp3) is 0.261. The van der Waals surface area contributed by atoms with E-state index in [0.29, 0.717) is 11.1 Å². The Morgan fingerprint density at radius 3 is 2.59 bits per heavy atom. The molecule has 1 atom stereocenters. The molecule has 0 spiro atoms. The third-order valence-corrected chi connectivity index (χ3v) is 5.61. The zero-order valence-corrected chi connectivity index (χ0v) is 17.9. The van der Waals surface area contributed by atoms with Crippen molar-refractivity contribution in [2.24, 2.45) is 0 Å². The molecule has 1 unspecified atom stereocenters. The maximum absolute atomic E-state index is 15.1. The molecule has 0 radical (unpaired) electrons. The summed E-state index contributed by atoms with van der Waals surface area (Å²) in [7, 11) is 0. The van der Waals surface area contributed by atoms with Crippen molar-refractivity contribution in [1.29, 1.82) is 0 Å². The second-order valence-corrected chi connectivity index (χ2v) is 7.77.